The molecule has 0 saturated carbocycles. The van der Waals surface area contributed by atoms with E-state index in [0.29, 0.717) is 28.0 Å². The van der Waals surface area contributed by atoms with Crippen LogP contribution in [0.15, 0.2) is 35.6 Å². The first-order chi connectivity index (χ1) is 12.6. The van der Waals surface area contributed by atoms with Gasteiger partial charge in [-0.05, 0) is 30.2 Å². The number of pyridine rings is 1. The average molecular weight is 377 g/mol. The third kappa shape index (κ3) is 3.22. The Morgan fingerprint density at radius 2 is 2.04 bits per heavy atom. The number of ether oxygens (including phenoxy) is 1. The number of rotatable bonds is 4. The van der Waals surface area contributed by atoms with Gasteiger partial charge in [-0.3, -0.25) is 4.99 Å². The normalized spacial score (nSPS) is 14.2. The minimum absolute atomic E-state index is 0.227. The summed E-state index contributed by atoms with van der Waals surface area (Å²) in [5.74, 6) is -1.08. The number of halogens is 3. The lowest BCUT2D eigenvalue weighted by Gasteiger charge is -2.15. The van der Waals surface area contributed by atoms with Gasteiger partial charge in [-0.15, -0.1) is 0 Å². The van der Waals surface area contributed by atoms with Gasteiger partial charge in [0.25, 0.3) is 0 Å². The molecule has 0 amide bonds. The molecule has 1 aromatic carbocycles. The summed E-state index contributed by atoms with van der Waals surface area (Å²) < 4.78 is 34.5. The number of aliphatic imine (C=N–C) groups is 1. The van der Waals surface area contributed by atoms with E-state index >= 15 is 0 Å². The summed E-state index contributed by atoms with van der Waals surface area (Å²) in [5, 5.41) is 3.97. The molecule has 0 atom stereocenters. The molecule has 2 N–H and O–H groups in total. The molecule has 0 saturated heterocycles. The highest BCUT2D eigenvalue weighted by molar-refractivity contribution is 6.36. The Kier molecular flexibility index (Phi) is 4.46. The molecule has 1 aliphatic heterocycles. The first kappa shape index (κ1) is 16.8. The monoisotopic (exact) mass is 376 g/mol. The number of hydrogen-bond acceptors (Lipinski definition) is 4. The van der Waals surface area contributed by atoms with Gasteiger partial charge in [0.2, 0.25) is 0 Å². The highest BCUT2D eigenvalue weighted by atomic mass is 35.5. The van der Waals surface area contributed by atoms with Gasteiger partial charge in [-0.2, -0.15) is 0 Å². The molecule has 0 aliphatic carbocycles. The van der Waals surface area contributed by atoms with Crippen molar-refractivity contribution in [1.29, 1.82) is 0 Å². The summed E-state index contributed by atoms with van der Waals surface area (Å²) in [6.45, 7) is 1.55. The molecular weight excluding hydrogens is 362 g/mol. The van der Waals surface area contributed by atoms with Crippen molar-refractivity contribution in [3.05, 3.63) is 52.8 Å². The Hall–Kier alpha value is -2.67. The van der Waals surface area contributed by atoms with E-state index in [1.165, 1.54) is 24.4 Å². The minimum Gasteiger partial charge on any atom is -0.450 e. The third-order valence-electron chi connectivity index (χ3n) is 4.10. The van der Waals surface area contributed by atoms with Crippen molar-refractivity contribution in [2.75, 3.05) is 13.1 Å². The predicted molar refractivity (Wildman–Crippen MR) is 96.2 cm³/mol. The summed E-state index contributed by atoms with van der Waals surface area (Å²) in [6.07, 6.45) is 4.32. The van der Waals surface area contributed by atoms with Crippen LogP contribution in [0.3, 0.4) is 0 Å². The van der Waals surface area contributed by atoms with Crippen molar-refractivity contribution in [1.82, 2.24) is 15.3 Å². The van der Waals surface area contributed by atoms with Gasteiger partial charge in [0, 0.05) is 31.9 Å². The second-order valence-electron chi connectivity index (χ2n) is 5.95. The number of nitrogens with zero attached hydrogens (tertiary/aromatic N) is 2. The second kappa shape index (κ2) is 6.92. The number of hydrogen-bond donors (Lipinski definition) is 2. The molecule has 0 spiro atoms. The van der Waals surface area contributed by atoms with Gasteiger partial charge in [0.1, 0.15) is 17.2 Å². The first-order valence-electron chi connectivity index (χ1n) is 8.16. The van der Waals surface area contributed by atoms with Crippen LogP contribution in [-0.2, 0) is 6.42 Å². The van der Waals surface area contributed by atoms with E-state index in [-0.39, 0.29) is 5.75 Å². The number of aromatic amines is 1. The molecule has 3 heterocycles. The Morgan fingerprint density at radius 1 is 1.23 bits per heavy atom. The molecule has 3 aromatic rings. The van der Waals surface area contributed by atoms with Crippen molar-refractivity contribution in [2.45, 2.75) is 12.8 Å². The molecule has 0 radical (unpaired) electrons. The number of aromatic nitrogens is 2. The molecule has 4 rings (SSSR count). The van der Waals surface area contributed by atoms with Crippen LogP contribution in [0.25, 0.3) is 11.0 Å². The first-order valence-corrected chi connectivity index (χ1v) is 8.54. The number of fused-ring (bicyclic) bond motifs is 1. The van der Waals surface area contributed by atoms with Crippen molar-refractivity contribution in [3.63, 3.8) is 0 Å². The molecule has 2 aromatic heterocycles. The molecular formula is C18H15ClF2N4O. The largest absolute Gasteiger partial charge is 0.450 e. The van der Waals surface area contributed by atoms with Gasteiger partial charge in [-0.25, -0.2) is 13.8 Å². The maximum absolute atomic E-state index is 14.5. The number of amidine groups is 1. The molecule has 26 heavy (non-hydrogen) atoms. The fourth-order valence-corrected chi connectivity index (χ4v) is 3.13. The molecule has 5 nitrogen and oxygen atoms in total. The van der Waals surface area contributed by atoms with Crippen molar-refractivity contribution >= 4 is 28.5 Å². The highest BCUT2D eigenvalue weighted by Crippen LogP contribution is 2.36. The molecule has 134 valence electrons. The average Bonchev–Trinajstić information content (AvgIpc) is 3.01. The van der Waals surface area contributed by atoms with Crippen molar-refractivity contribution in [2.24, 2.45) is 4.99 Å². The number of H-pyrrole nitrogens is 1. The Morgan fingerprint density at radius 3 is 2.77 bits per heavy atom. The van der Waals surface area contributed by atoms with Crippen LogP contribution in [0.1, 0.15) is 12.0 Å². The fraction of sp³-hybridized carbons (Fsp3) is 0.222. The van der Waals surface area contributed by atoms with E-state index < -0.39 is 17.4 Å². The summed E-state index contributed by atoms with van der Waals surface area (Å²) in [6, 6.07) is 4.03. The van der Waals surface area contributed by atoms with Crippen LogP contribution in [-0.4, -0.2) is 28.9 Å². The maximum Gasteiger partial charge on any atom is 0.198 e. The van der Waals surface area contributed by atoms with Gasteiger partial charge < -0.3 is 15.0 Å². The van der Waals surface area contributed by atoms with Crippen LogP contribution >= 0.6 is 11.6 Å². The van der Waals surface area contributed by atoms with Crippen molar-refractivity contribution in [3.8, 4) is 11.5 Å². The van der Waals surface area contributed by atoms with E-state index in [1.807, 2.05) is 0 Å². The van der Waals surface area contributed by atoms with E-state index in [0.717, 1.165) is 25.3 Å². The zero-order valence-corrected chi connectivity index (χ0v) is 14.4. The Bertz CT molecular complexity index is 979. The summed E-state index contributed by atoms with van der Waals surface area (Å²) in [4.78, 5) is 11.3. The Balaban J connectivity index is 1.64. The minimum atomic E-state index is -0.784. The lowest BCUT2D eigenvalue weighted by atomic mass is 10.1. The highest BCUT2D eigenvalue weighted by Gasteiger charge is 2.18. The molecule has 8 heteroatoms. The molecule has 0 fully saturated rings. The van der Waals surface area contributed by atoms with Crippen LogP contribution in [0.2, 0.25) is 5.02 Å². The third-order valence-corrected chi connectivity index (χ3v) is 4.39. The maximum atomic E-state index is 14.5. The van der Waals surface area contributed by atoms with Crippen LogP contribution in [0.5, 0.6) is 11.5 Å². The quantitative estimate of drug-likeness (QED) is 0.716. The zero-order chi connectivity index (χ0) is 18.1. The van der Waals surface area contributed by atoms with E-state index in [4.69, 9.17) is 16.3 Å². The SMILES string of the molecule is Fc1cc(CC2=NCCCN2)cc(F)c1Oc1ccnc2[nH]cc(Cl)c12. The van der Waals surface area contributed by atoms with Gasteiger partial charge in [0.15, 0.2) is 17.4 Å². The van der Waals surface area contributed by atoms with E-state index in [9.17, 15) is 8.78 Å². The fourth-order valence-electron chi connectivity index (χ4n) is 2.89. The molecule has 1 aliphatic rings. The number of benzene rings is 1. The van der Waals surface area contributed by atoms with Crippen molar-refractivity contribution < 1.29 is 13.5 Å². The molecule has 0 unspecified atom stereocenters. The number of nitrogens with one attached hydrogen (secondary N) is 2. The van der Waals surface area contributed by atoms with E-state index in [1.54, 1.807) is 6.20 Å². The zero-order valence-electron chi connectivity index (χ0n) is 13.7. The van der Waals surface area contributed by atoms with Gasteiger partial charge in [0.05, 0.1) is 10.4 Å². The summed E-state index contributed by atoms with van der Waals surface area (Å²) in [5.41, 5.74) is 0.964. The second-order valence-corrected chi connectivity index (χ2v) is 6.35. The lowest BCUT2D eigenvalue weighted by Crippen LogP contribution is -2.31. The smallest absolute Gasteiger partial charge is 0.198 e. The van der Waals surface area contributed by atoms with Gasteiger partial charge >= 0.3 is 0 Å². The Labute approximate surface area is 153 Å². The predicted octanol–water partition coefficient (Wildman–Crippen LogP) is 4.22. The standard InChI is InChI=1S/C18H15ClF2N4O/c19-11-9-25-18-16(11)14(2-5-24-18)26-17-12(20)6-10(7-13(17)21)8-15-22-3-1-4-23-15/h2,5-7,9H,1,3-4,8H2,(H,22,23)(H,24,25). The summed E-state index contributed by atoms with van der Waals surface area (Å²) >= 11 is 6.10. The topological polar surface area (TPSA) is 62.3 Å². The van der Waals surface area contributed by atoms with Gasteiger partial charge in [-0.1, -0.05) is 11.6 Å². The van der Waals surface area contributed by atoms with Crippen LogP contribution in [0.4, 0.5) is 8.78 Å². The molecule has 0 bridgehead atoms. The van der Waals surface area contributed by atoms with Crippen LogP contribution < -0.4 is 10.1 Å². The summed E-state index contributed by atoms with van der Waals surface area (Å²) in [7, 11) is 0. The van der Waals surface area contributed by atoms with E-state index in [2.05, 4.69) is 20.3 Å². The lowest BCUT2D eigenvalue weighted by molar-refractivity contribution is 0.410. The van der Waals surface area contributed by atoms with Crippen LogP contribution in [0, 0.1) is 11.6 Å².